The number of ether oxygens (including phenoxy) is 2. The summed E-state index contributed by atoms with van der Waals surface area (Å²) in [4.78, 5) is 26.4. The Labute approximate surface area is 228 Å². The highest BCUT2D eigenvalue weighted by atomic mass is 19.1. The molecule has 0 unspecified atom stereocenters. The smallest absolute Gasteiger partial charge is 0.312 e. The standard InChI is InChI=1S/C29H24FN5O5/c1-38-21-7-3-19(4-8-21)17-34(18-20-5-9-22(39-2)10-6-20)28-26(35(36)37)15-24(23-11-12-31-16-25(23)30)27(33-28)29-32-13-14-40-29/h3-16H,17-18H2,1-2H3. The van der Waals surface area contributed by atoms with Gasteiger partial charge in [0.25, 0.3) is 0 Å². The summed E-state index contributed by atoms with van der Waals surface area (Å²) in [6.45, 7) is 0.551. The number of hydrogen-bond acceptors (Lipinski definition) is 9. The van der Waals surface area contributed by atoms with E-state index < -0.39 is 10.7 Å². The number of pyridine rings is 2. The number of halogens is 1. The van der Waals surface area contributed by atoms with E-state index in [-0.39, 0.29) is 47.3 Å². The van der Waals surface area contributed by atoms with Crippen molar-refractivity contribution >= 4 is 11.5 Å². The van der Waals surface area contributed by atoms with Gasteiger partial charge in [-0.15, -0.1) is 0 Å². The molecule has 3 aromatic heterocycles. The van der Waals surface area contributed by atoms with Gasteiger partial charge in [-0.05, 0) is 41.5 Å². The molecule has 0 amide bonds. The summed E-state index contributed by atoms with van der Waals surface area (Å²) >= 11 is 0. The van der Waals surface area contributed by atoms with Gasteiger partial charge in [-0.3, -0.25) is 15.1 Å². The number of nitrogens with zero attached hydrogens (tertiary/aromatic N) is 5. The summed E-state index contributed by atoms with van der Waals surface area (Å²) in [5.74, 6) is 0.876. The van der Waals surface area contributed by atoms with E-state index in [1.807, 2.05) is 48.5 Å². The molecular formula is C29H24FN5O5. The predicted octanol–water partition coefficient (Wildman–Crippen LogP) is 6.07. The van der Waals surface area contributed by atoms with E-state index in [0.29, 0.717) is 11.5 Å². The number of aromatic nitrogens is 3. The minimum Gasteiger partial charge on any atom is -0.497 e. The van der Waals surface area contributed by atoms with Gasteiger partial charge in [0, 0.05) is 36.5 Å². The Bertz CT molecular complexity index is 1560. The van der Waals surface area contributed by atoms with Crippen LogP contribution in [0, 0.1) is 15.9 Å². The van der Waals surface area contributed by atoms with Gasteiger partial charge in [0.15, 0.2) is 0 Å². The maximum absolute atomic E-state index is 14.8. The molecule has 0 spiro atoms. The molecule has 0 saturated carbocycles. The van der Waals surface area contributed by atoms with Gasteiger partial charge >= 0.3 is 5.69 Å². The van der Waals surface area contributed by atoms with Crippen LogP contribution < -0.4 is 14.4 Å². The molecule has 40 heavy (non-hydrogen) atoms. The lowest BCUT2D eigenvalue weighted by molar-refractivity contribution is -0.384. The van der Waals surface area contributed by atoms with E-state index in [2.05, 4.69) is 9.97 Å². The number of hydrogen-bond donors (Lipinski definition) is 0. The zero-order valence-electron chi connectivity index (χ0n) is 21.7. The number of anilines is 1. The van der Waals surface area contributed by atoms with E-state index in [1.165, 1.54) is 30.8 Å². The first-order valence-corrected chi connectivity index (χ1v) is 12.2. The second-order valence-corrected chi connectivity index (χ2v) is 8.73. The lowest BCUT2D eigenvalue weighted by Gasteiger charge is -2.25. The van der Waals surface area contributed by atoms with E-state index in [4.69, 9.17) is 18.9 Å². The highest BCUT2D eigenvalue weighted by Gasteiger charge is 2.28. The maximum Gasteiger partial charge on any atom is 0.312 e. The van der Waals surface area contributed by atoms with Crippen LogP contribution in [0.15, 0.2) is 89.9 Å². The average Bonchev–Trinajstić information content (AvgIpc) is 3.52. The number of rotatable bonds is 10. The normalized spacial score (nSPS) is 10.8. The fourth-order valence-electron chi connectivity index (χ4n) is 4.27. The third-order valence-electron chi connectivity index (χ3n) is 6.24. The van der Waals surface area contributed by atoms with Crippen molar-refractivity contribution < 1.29 is 23.2 Å². The van der Waals surface area contributed by atoms with Crippen molar-refractivity contribution in [2.45, 2.75) is 13.1 Å². The van der Waals surface area contributed by atoms with Crippen molar-refractivity contribution in [2.24, 2.45) is 0 Å². The Hall–Kier alpha value is -5.32. The van der Waals surface area contributed by atoms with E-state index >= 15 is 0 Å². The monoisotopic (exact) mass is 541 g/mol. The fraction of sp³-hybridized carbons (Fsp3) is 0.138. The maximum atomic E-state index is 14.8. The van der Waals surface area contributed by atoms with Crippen LogP contribution in [0.2, 0.25) is 0 Å². The van der Waals surface area contributed by atoms with Crippen LogP contribution in [0.25, 0.3) is 22.7 Å². The first-order chi connectivity index (χ1) is 19.5. The van der Waals surface area contributed by atoms with Crippen molar-refractivity contribution in [3.8, 4) is 34.2 Å². The molecule has 202 valence electrons. The lowest BCUT2D eigenvalue weighted by Crippen LogP contribution is -2.24. The third kappa shape index (κ3) is 5.58. The predicted molar refractivity (Wildman–Crippen MR) is 145 cm³/mol. The Morgan fingerprint density at radius 3 is 2.05 bits per heavy atom. The molecule has 0 bridgehead atoms. The summed E-state index contributed by atoms with van der Waals surface area (Å²) in [5.41, 5.74) is 1.84. The van der Waals surface area contributed by atoms with Crippen molar-refractivity contribution in [3.05, 3.63) is 113 Å². The van der Waals surface area contributed by atoms with Gasteiger partial charge in [-0.25, -0.2) is 14.4 Å². The Morgan fingerprint density at radius 1 is 0.925 bits per heavy atom. The summed E-state index contributed by atoms with van der Waals surface area (Å²) in [6.07, 6.45) is 5.22. The summed E-state index contributed by atoms with van der Waals surface area (Å²) in [6, 6.07) is 17.5. The van der Waals surface area contributed by atoms with Crippen molar-refractivity contribution in [1.82, 2.24) is 15.0 Å². The first-order valence-electron chi connectivity index (χ1n) is 12.2. The molecule has 0 aliphatic carbocycles. The second-order valence-electron chi connectivity index (χ2n) is 8.73. The van der Waals surface area contributed by atoms with E-state index in [9.17, 15) is 14.5 Å². The molecule has 5 aromatic rings. The van der Waals surface area contributed by atoms with Crippen LogP contribution in [-0.2, 0) is 13.1 Å². The first kappa shape index (κ1) is 26.3. The molecule has 11 heteroatoms. The topological polar surface area (TPSA) is 117 Å². The minimum atomic E-state index is -0.660. The number of oxazole rings is 1. The molecule has 0 saturated heterocycles. The third-order valence-corrected chi connectivity index (χ3v) is 6.24. The number of methoxy groups -OCH3 is 2. The zero-order valence-corrected chi connectivity index (χ0v) is 21.7. The molecule has 3 heterocycles. The SMILES string of the molecule is COc1ccc(CN(Cc2ccc(OC)cc2)c2nc(-c3ncco3)c(-c3ccncc3F)cc2[N+](=O)[O-])cc1. The van der Waals surface area contributed by atoms with Gasteiger partial charge in [0.1, 0.15) is 29.3 Å². The molecule has 0 fully saturated rings. The molecule has 0 atom stereocenters. The molecule has 0 aliphatic heterocycles. The number of benzene rings is 2. The van der Waals surface area contributed by atoms with Gasteiger partial charge in [0.2, 0.25) is 11.7 Å². The molecule has 2 aromatic carbocycles. The molecular weight excluding hydrogens is 517 g/mol. The number of nitro groups is 1. The second kappa shape index (κ2) is 11.6. The van der Waals surface area contributed by atoms with Crippen LogP contribution in [0.1, 0.15) is 11.1 Å². The molecule has 5 rings (SSSR count). The van der Waals surface area contributed by atoms with Crippen molar-refractivity contribution in [1.29, 1.82) is 0 Å². The van der Waals surface area contributed by atoms with Gasteiger partial charge in [-0.1, -0.05) is 24.3 Å². The Morgan fingerprint density at radius 2 is 1.55 bits per heavy atom. The molecule has 0 N–H and O–H groups in total. The van der Waals surface area contributed by atoms with Crippen molar-refractivity contribution in [3.63, 3.8) is 0 Å². The highest BCUT2D eigenvalue weighted by molar-refractivity contribution is 5.82. The minimum absolute atomic E-state index is 0.0723. The molecule has 0 aliphatic rings. The van der Waals surface area contributed by atoms with Crippen molar-refractivity contribution in [2.75, 3.05) is 19.1 Å². The highest BCUT2D eigenvalue weighted by Crippen LogP contribution is 2.39. The van der Waals surface area contributed by atoms with Crippen LogP contribution in [-0.4, -0.2) is 34.1 Å². The average molecular weight is 542 g/mol. The molecule has 0 radical (unpaired) electrons. The Kier molecular flexibility index (Phi) is 7.63. The van der Waals surface area contributed by atoms with Crippen LogP contribution in [0.3, 0.4) is 0 Å². The van der Waals surface area contributed by atoms with Crippen LogP contribution in [0.5, 0.6) is 11.5 Å². The summed E-state index contributed by atoms with van der Waals surface area (Å²) in [5, 5.41) is 12.4. The van der Waals surface area contributed by atoms with E-state index in [0.717, 1.165) is 17.3 Å². The van der Waals surface area contributed by atoms with Gasteiger partial charge in [-0.2, -0.15) is 0 Å². The quantitative estimate of drug-likeness (QED) is 0.153. The van der Waals surface area contributed by atoms with Gasteiger partial charge in [0.05, 0.1) is 31.5 Å². The Balaban J connectivity index is 1.68. The van der Waals surface area contributed by atoms with E-state index in [1.54, 1.807) is 19.1 Å². The zero-order chi connectivity index (χ0) is 28.1. The van der Waals surface area contributed by atoms with Crippen LogP contribution >= 0.6 is 0 Å². The summed E-state index contributed by atoms with van der Waals surface area (Å²) in [7, 11) is 3.16. The van der Waals surface area contributed by atoms with Crippen LogP contribution in [0.4, 0.5) is 15.9 Å². The summed E-state index contributed by atoms with van der Waals surface area (Å²) < 4.78 is 30.9. The largest absolute Gasteiger partial charge is 0.497 e. The van der Waals surface area contributed by atoms with Gasteiger partial charge < -0.3 is 18.8 Å². The lowest BCUT2D eigenvalue weighted by atomic mass is 10.0. The fourth-order valence-corrected chi connectivity index (χ4v) is 4.27. The molecule has 10 nitrogen and oxygen atoms in total.